The van der Waals surface area contributed by atoms with E-state index in [-0.39, 0.29) is 11.9 Å². The molecule has 0 aliphatic carbocycles. The van der Waals surface area contributed by atoms with Crippen LogP contribution in [0.3, 0.4) is 0 Å². The van der Waals surface area contributed by atoms with E-state index in [4.69, 9.17) is 4.74 Å². The molecule has 0 aromatic heterocycles. The highest BCUT2D eigenvalue weighted by Gasteiger charge is 2.25. The second-order valence-corrected chi connectivity index (χ2v) is 3.73. The second-order valence-electron chi connectivity index (χ2n) is 3.73. The molecule has 1 N–H and O–H groups in total. The summed E-state index contributed by atoms with van der Waals surface area (Å²) < 4.78 is 4.87. The molecule has 0 rings (SSSR count). The van der Waals surface area contributed by atoms with E-state index in [1.807, 2.05) is 13.8 Å². The lowest BCUT2D eigenvalue weighted by molar-refractivity contribution is -0.152. The number of carbonyl (C=O) groups excluding carboxylic acids is 1. The molecule has 0 aliphatic rings. The number of rotatable bonds is 5. The Kier molecular flexibility index (Phi) is 5.71. The molecule has 78 valence electrons. The molecule has 13 heavy (non-hydrogen) atoms. The molecule has 0 saturated carbocycles. The Morgan fingerprint density at radius 2 is 1.92 bits per heavy atom. The van der Waals surface area contributed by atoms with Crippen LogP contribution in [0.4, 0.5) is 0 Å². The molecule has 0 fully saturated rings. The van der Waals surface area contributed by atoms with Crippen molar-refractivity contribution in [2.45, 2.75) is 40.2 Å². The summed E-state index contributed by atoms with van der Waals surface area (Å²) in [6.45, 7) is 7.82. The summed E-state index contributed by atoms with van der Waals surface area (Å²) in [4.78, 5) is 11.3. The summed E-state index contributed by atoms with van der Waals surface area (Å²) in [6.07, 6.45) is 0.0534. The molecular formula is C10H20O3. The fraction of sp³-hybridized carbons (Fsp3) is 0.900. The predicted octanol–water partition coefficient (Wildman–Crippen LogP) is 1.59. The third-order valence-corrected chi connectivity index (χ3v) is 1.90. The number of hydrogen-bond acceptors (Lipinski definition) is 3. The Hall–Kier alpha value is -0.570. The normalized spacial score (nSPS) is 15.5. The van der Waals surface area contributed by atoms with Crippen LogP contribution in [0.15, 0.2) is 0 Å². The maximum absolute atomic E-state index is 11.3. The van der Waals surface area contributed by atoms with Gasteiger partial charge in [0.15, 0.2) is 0 Å². The minimum atomic E-state index is -0.624. The summed E-state index contributed by atoms with van der Waals surface area (Å²) in [6, 6.07) is 0. The van der Waals surface area contributed by atoms with Crippen molar-refractivity contribution in [3.05, 3.63) is 0 Å². The van der Waals surface area contributed by atoms with E-state index >= 15 is 0 Å². The fourth-order valence-electron chi connectivity index (χ4n) is 1.25. The van der Waals surface area contributed by atoms with Gasteiger partial charge in [0, 0.05) is 0 Å². The van der Waals surface area contributed by atoms with E-state index in [1.54, 1.807) is 13.8 Å². The molecule has 0 unspecified atom stereocenters. The lowest BCUT2D eigenvalue weighted by atomic mass is 9.93. The van der Waals surface area contributed by atoms with Gasteiger partial charge in [0.1, 0.15) is 0 Å². The SMILES string of the molecule is CCOC(=O)[C@H](CC(C)C)[C@H](C)O. The number of aliphatic hydroxyl groups is 1. The summed E-state index contributed by atoms with van der Waals surface area (Å²) in [5.74, 6) is -0.268. The first-order valence-corrected chi connectivity index (χ1v) is 4.83. The molecule has 0 heterocycles. The van der Waals surface area contributed by atoms with E-state index < -0.39 is 6.10 Å². The van der Waals surface area contributed by atoms with Crippen molar-refractivity contribution in [2.24, 2.45) is 11.8 Å². The van der Waals surface area contributed by atoms with Crippen LogP contribution < -0.4 is 0 Å². The largest absolute Gasteiger partial charge is 0.466 e. The first-order valence-electron chi connectivity index (χ1n) is 4.83. The Morgan fingerprint density at radius 3 is 2.23 bits per heavy atom. The quantitative estimate of drug-likeness (QED) is 0.666. The van der Waals surface area contributed by atoms with E-state index in [2.05, 4.69) is 0 Å². The van der Waals surface area contributed by atoms with Crippen molar-refractivity contribution in [3.8, 4) is 0 Å². The van der Waals surface area contributed by atoms with Gasteiger partial charge in [0.2, 0.25) is 0 Å². The van der Waals surface area contributed by atoms with Crippen LogP contribution in [-0.4, -0.2) is 23.8 Å². The molecule has 0 aromatic carbocycles. The maximum atomic E-state index is 11.3. The van der Waals surface area contributed by atoms with Gasteiger partial charge in [-0.05, 0) is 26.2 Å². The minimum absolute atomic E-state index is 0.286. The molecule has 0 saturated heterocycles. The number of ether oxygens (including phenoxy) is 1. The summed E-state index contributed by atoms with van der Waals surface area (Å²) in [5, 5.41) is 9.36. The van der Waals surface area contributed by atoms with Gasteiger partial charge in [-0.1, -0.05) is 13.8 Å². The Labute approximate surface area is 80.1 Å². The van der Waals surface area contributed by atoms with E-state index in [0.29, 0.717) is 18.9 Å². The first-order chi connectivity index (χ1) is 5.99. The molecule has 0 radical (unpaired) electrons. The van der Waals surface area contributed by atoms with E-state index in [1.165, 1.54) is 0 Å². The van der Waals surface area contributed by atoms with Crippen molar-refractivity contribution in [3.63, 3.8) is 0 Å². The highest BCUT2D eigenvalue weighted by atomic mass is 16.5. The van der Waals surface area contributed by atoms with Gasteiger partial charge in [0.25, 0.3) is 0 Å². The topological polar surface area (TPSA) is 46.5 Å². The smallest absolute Gasteiger partial charge is 0.311 e. The van der Waals surface area contributed by atoms with Gasteiger partial charge >= 0.3 is 5.97 Å². The van der Waals surface area contributed by atoms with Crippen LogP contribution in [0.1, 0.15) is 34.1 Å². The molecule has 2 atom stereocenters. The van der Waals surface area contributed by atoms with Crippen LogP contribution in [0.2, 0.25) is 0 Å². The van der Waals surface area contributed by atoms with Crippen LogP contribution in [-0.2, 0) is 9.53 Å². The van der Waals surface area contributed by atoms with E-state index in [0.717, 1.165) is 0 Å². The van der Waals surface area contributed by atoms with Gasteiger partial charge in [0.05, 0.1) is 18.6 Å². The van der Waals surface area contributed by atoms with Crippen molar-refractivity contribution in [1.82, 2.24) is 0 Å². The van der Waals surface area contributed by atoms with Crippen molar-refractivity contribution >= 4 is 5.97 Å². The molecule has 0 aromatic rings. The zero-order chi connectivity index (χ0) is 10.4. The van der Waals surface area contributed by atoms with Gasteiger partial charge in [-0.25, -0.2) is 0 Å². The van der Waals surface area contributed by atoms with Crippen LogP contribution >= 0.6 is 0 Å². The van der Waals surface area contributed by atoms with E-state index in [9.17, 15) is 9.90 Å². The number of esters is 1. The average Bonchev–Trinajstić information content (AvgIpc) is 1.99. The lowest BCUT2D eigenvalue weighted by Crippen LogP contribution is -2.29. The summed E-state index contributed by atoms with van der Waals surface area (Å²) >= 11 is 0. The Morgan fingerprint density at radius 1 is 1.38 bits per heavy atom. The van der Waals surface area contributed by atoms with Crippen molar-refractivity contribution in [2.75, 3.05) is 6.61 Å². The van der Waals surface area contributed by atoms with Gasteiger partial charge in [-0.15, -0.1) is 0 Å². The van der Waals surface area contributed by atoms with Crippen LogP contribution in [0.25, 0.3) is 0 Å². The molecular weight excluding hydrogens is 168 g/mol. The molecule has 3 heteroatoms. The second kappa shape index (κ2) is 5.97. The summed E-state index contributed by atoms with van der Waals surface area (Å²) in [5.41, 5.74) is 0. The van der Waals surface area contributed by atoms with Crippen molar-refractivity contribution in [1.29, 1.82) is 0 Å². The number of carbonyl (C=O) groups is 1. The molecule has 3 nitrogen and oxygen atoms in total. The first kappa shape index (κ1) is 12.4. The maximum Gasteiger partial charge on any atom is 0.311 e. The van der Waals surface area contributed by atoms with Crippen LogP contribution in [0, 0.1) is 11.8 Å². The average molecular weight is 188 g/mol. The zero-order valence-electron chi connectivity index (χ0n) is 8.91. The fourth-order valence-corrected chi connectivity index (χ4v) is 1.25. The highest BCUT2D eigenvalue weighted by molar-refractivity contribution is 5.73. The van der Waals surface area contributed by atoms with Crippen LogP contribution in [0.5, 0.6) is 0 Å². The predicted molar refractivity (Wildman–Crippen MR) is 51.3 cm³/mol. The standard InChI is InChI=1S/C10H20O3/c1-5-13-10(12)9(8(4)11)6-7(2)3/h7-9,11H,5-6H2,1-4H3/t8-,9+/m0/s1. The van der Waals surface area contributed by atoms with Crippen molar-refractivity contribution < 1.29 is 14.6 Å². The molecule has 0 bridgehead atoms. The lowest BCUT2D eigenvalue weighted by Gasteiger charge is -2.19. The monoisotopic (exact) mass is 188 g/mol. The van der Waals surface area contributed by atoms with Gasteiger partial charge in [-0.2, -0.15) is 0 Å². The summed E-state index contributed by atoms with van der Waals surface area (Å²) in [7, 11) is 0. The zero-order valence-corrected chi connectivity index (χ0v) is 8.91. The third kappa shape index (κ3) is 4.88. The minimum Gasteiger partial charge on any atom is -0.466 e. The van der Waals surface area contributed by atoms with Gasteiger partial charge in [-0.3, -0.25) is 4.79 Å². The molecule has 0 aliphatic heterocycles. The Bertz CT molecular complexity index is 152. The molecule has 0 spiro atoms. The van der Waals surface area contributed by atoms with Gasteiger partial charge < -0.3 is 9.84 Å². The third-order valence-electron chi connectivity index (χ3n) is 1.90. The number of hydrogen-bond donors (Lipinski definition) is 1. The number of aliphatic hydroxyl groups excluding tert-OH is 1. The Balaban J connectivity index is 4.15. The highest BCUT2D eigenvalue weighted by Crippen LogP contribution is 2.17. The molecule has 0 amide bonds.